The Morgan fingerprint density at radius 2 is 1.95 bits per heavy atom. The van der Waals surface area contributed by atoms with Gasteiger partial charge in [0.25, 0.3) is 0 Å². The van der Waals surface area contributed by atoms with E-state index in [4.69, 9.17) is 9.47 Å². The molecule has 0 aliphatic rings. The summed E-state index contributed by atoms with van der Waals surface area (Å²) in [6, 6.07) is 1.96. The van der Waals surface area contributed by atoms with E-state index in [9.17, 15) is 0 Å². The van der Waals surface area contributed by atoms with Crippen molar-refractivity contribution in [3.05, 3.63) is 6.07 Å². The highest BCUT2D eigenvalue weighted by molar-refractivity contribution is 7.98. The molecule has 0 aliphatic carbocycles. The van der Waals surface area contributed by atoms with Crippen molar-refractivity contribution in [2.24, 2.45) is 0 Å². The second-order valence-electron chi connectivity index (χ2n) is 4.17. The summed E-state index contributed by atoms with van der Waals surface area (Å²) in [5, 5.41) is 3.84. The summed E-state index contributed by atoms with van der Waals surface area (Å²) in [4.78, 5) is 11.2. The van der Waals surface area contributed by atoms with Crippen LogP contribution in [0.3, 0.4) is 0 Å². The molecule has 1 heterocycles. The van der Waals surface area contributed by atoms with Crippen LogP contribution in [0.1, 0.15) is 6.42 Å². The van der Waals surface area contributed by atoms with Crippen LogP contribution in [-0.2, 0) is 9.47 Å². The second kappa shape index (κ2) is 9.79. The lowest BCUT2D eigenvalue weighted by Gasteiger charge is -2.24. The third kappa shape index (κ3) is 5.52. The van der Waals surface area contributed by atoms with Crippen molar-refractivity contribution in [1.29, 1.82) is 0 Å². The number of methoxy groups -OCH3 is 2. The van der Waals surface area contributed by atoms with Gasteiger partial charge >= 0.3 is 0 Å². The minimum Gasteiger partial charge on any atom is -0.385 e. The fourth-order valence-electron chi connectivity index (χ4n) is 1.74. The van der Waals surface area contributed by atoms with Crippen molar-refractivity contribution in [2.75, 3.05) is 64.0 Å². The minimum absolute atomic E-state index is 0.667. The molecule has 114 valence electrons. The van der Waals surface area contributed by atoms with Gasteiger partial charge in [-0.2, -0.15) is 0 Å². The molecular formula is C13H24N4O2S. The summed E-state index contributed by atoms with van der Waals surface area (Å²) in [6.07, 6.45) is 2.93. The van der Waals surface area contributed by atoms with Crippen LogP contribution in [0.15, 0.2) is 11.2 Å². The third-order valence-electron chi connectivity index (χ3n) is 2.80. The van der Waals surface area contributed by atoms with Crippen LogP contribution in [-0.4, -0.2) is 63.8 Å². The number of nitrogens with one attached hydrogen (secondary N) is 1. The normalized spacial score (nSPS) is 10.6. The first-order chi connectivity index (χ1) is 9.74. The first-order valence-electron chi connectivity index (χ1n) is 6.58. The SMILES string of the molecule is CNc1cc(N(CCCOC)CCOC)nc(SC)n1. The molecule has 0 amide bonds. The van der Waals surface area contributed by atoms with Crippen LogP contribution in [0.25, 0.3) is 0 Å². The highest BCUT2D eigenvalue weighted by Gasteiger charge is 2.11. The maximum Gasteiger partial charge on any atom is 0.191 e. The molecule has 0 fully saturated rings. The van der Waals surface area contributed by atoms with E-state index in [0.29, 0.717) is 6.61 Å². The lowest BCUT2D eigenvalue weighted by molar-refractivity contribution is 0.191. The molecule has 0 aromatic carbocycles. The molecule has 0 aliphatic heterocycles. The van der Waals surface area contributed by atoms with Crippen LogP contribution >= 0.6 is 11.8 Å². The molecule has 1 aromatic heterocycles. The average Bonchev–Trinajstić information content (AvgIpc) is 2.50. The molecular weight excluding hydrogens is 276 g/mol. The molecule has 0 atom stereocenters. The van der Waals surface area contributed by atoms with Crippen LogP contribution < -0.4 is 10.2 Å². The Hall–Kier alpha value is -1.05. The molecule has 0 saturated heterocycles. The smallest absolute Gasteiger partial charge is 0.191 e. The zero-order valence-electron chi connectivity index (χ0n) is 12.7. The fraction of sp³-hybridized carbons (Fsp3) is 0.692. The van der Waals surface area contributed by atoms with Gasteiger partial charge in [-0.3, -0.25) is 0 Å². The first-order valence-corrected chi connectivity index (χ1v) is 7.81. The van der Waals surface area contributed by atoms with E-state index < -0.39 is 0 Å². The maximum absolute atomic E-state index is 5.18. The summed E-state index contributed by atoms with van der Waals surface area (Å²) >= 11 is 1.54. The Morgan fingerprint density at radius 1 is 1.20 bits per heavy atom. The number of hydrogen-bond donors (Lipinski definition) is 1. The zero-order chi connectivity index (χ0) is 14.8. The predicted molar refractivity (Wildman–Crippen MR) is 83.9 cm³/mol. The van der Waals surface area contributed by atoms with Crippen molar-refractivity contribution in [3.63, 3.8) is 0 Å². The number of thioether (sulfide) groups is 1. The van der Waals surface area contributed by atoms with Crippen molar-refractivity contribution in [2.45, 2.75) is 11.6 Å². The Labute approximate surface area is 125 Å². The van der Waals surface area contributed by atoms with Gasteiger partial charge in [0.2, 0.25) is 0 Å². The highest BCUT2D eigenvalue weighted by atomic mass is 32.2. The van der Waals surface area contributed by atoms with Gasteiger partial charge in [0.05, 0.1) is 6.61 Å². The van der Waals surface area contributed by atoms with Gasteiger partial charge in [0, 0.05) is 47.0 Å². The van der Waals surface area contributed by atoms with Gasteiger partial charge in [-0.15, -0.1) is 0 Å². The Morgan fingerprint density at radius 3 is 2.55 bits per heavy atom. The molecule has 0 radical (unpaired) electrons. The van der Waals surface area contributed by atoms with E-state index >= 15 is 0 Å². The van der Waals surface area contributed by atoms with Gasteiger partial charge in [-0.1, -0.05) is 11.8 Å². The molecule has 6 nitrogen and oxygen atoms in total. The lowest BCUT2D eigenvalue weighted by atomic mass is 10.3. The van der Waals surface area contributed by atoms with E-state index in [2.05, 4.69) is 20.2 Å². The monoisotopic (exact) mass is 300 g/mol. The van der Waals surface area contributed by atoms with E-state index in [0.717, 1.165) is 42.9 Å². The third-order valence-corrected chi connectivity index (χ3v) is 3.34. The highest BCUT2D eigenvalue weighted by Crippen LogP contribution is 2.20. The number of rotatable bonds is 10. The Bertz CT molecular complexity index is 370. The summed E-state index contributed by atoms with van der Waals surface area (Å²) in [7, 11) is 5.29. The number of hydrogen-bond acceptors (Lipinski definition) is 7. The largest absolute Gasteiger partial charge is 0.385 e. The van der Waals surface area contributed by atoms with Crippen molar-refractivity contribution in [3.8, 4) is 0 Å². The number of anilines is 2. The molecule has 1 N–H and O–H groups in total. The molecule has 0 spiro atoms. The molecule has 0 unspecified atom stereocenters. The maximum atomic E-state index is 5.18. The van der Waals surface area contributed by atoms with Gasteiger partial charge < -0.3 is 19.7 Å². The minimum atomic E-state index is 0.667. The molecule has 20 heavy (non-hydrogen) atoms. The first kappa shape index (κ1) is 17.0. The summed E-state index contributed by atoms with van der Waals surface area (Å²) in [5.74, 6) is 1.75. The summed E-state index contributed by atoms with van der Waals surface area (Å²) < 4.78 is 10.3. The summed E-state index contributed by atoms with van der Waals surface area (Å²) in [5.41, 5.74) is 0. The number of ether oxygens (including phenoxy) is 2. The van der Waals surface area contributed by atoms with Crippen LogP contribution in [0.2, 0.25) is 0 Å². The molecule has 0 bridgehead atoms. The molecule has 1 rings (SSSR count). The standard InChI is InChI=1S/C13H24N4O2S/c1-14-11-10-12(16-13(15-11)20-4)17(7-9-19-3)6-5-8-18-2/h10H,5-9H2,1-4H3,(H,14,15,16). The quantitative estimate of drug-likeness (QED) is 0.401. The fourth-order valence-corrected chi connectivity index (χ4v) is 2.11. The van der Waals surface area contributed by atoms with E-state index in [1.54, 1.807) is 14.2 Å². The van der Waals surface area contributed by atoms with Crippen molar-refractivity contribution in [1.82, 2.24) is 9.97 Å². The van der Waals surface area contributed by atoms with E-state index in [1.165, 1.54) is 11.8 Å². The van der Waals surface area contributed by atoms with Crippen LogP contribution in [0.4, 0.5) is 11.6 Å². The van der Waals surface area contributed by atoms with Gasteiger partial charge in [0.1, 0.15) is 11.6 Å². The average molecular weight is 300 g/mol. The Balaban J connectivity index is 2.86. The summed E-state index contributed by atoms with van der Waals surface area (Å²) in [6.45, 7) is 3.09. The second-order valence-corrected chi connectivity index (χ2v) is 4.95. The molecule has 0 saturated carbocycles. The predicted octanol–water partition coefficient (Wildman–Crippen LogP) is 1.73. The van der Waals surface area contributed by atoms with Crippen molar-refractivity contribution < 1.29 is 9.47 Å². The van der Waals surface area contributed by atoms with Crippen LogP contribution in [0.5, 0.6) is 0 Å². The van der Waals surface area contributed by atoms with E-state index in [1.807, 2.05) is 19.4 Å². The number of nitrogens with zero attached hydrogens (tertiary/aromatic N) is 3. The van der Waals surface area contributed by atoms with E-state index in [-0.39, 0.29) is 0 Å². The zero-order valence-corrected chi connectivity index (χ0v) is 13.5. The molecule has 1 aromatic rings. The Kier molecular flexibility index (Phi) is 8.32. The van der Waals surface area contributed by atoms with Gasteiger partial charge in [-0.25, -0.2) is 9.97 Å². The molecule has 7 heteroatoms. The van der Waals surface area contributed by atoms with Gasteiger partial charge in [-0.05, 0) is 12.7 Å². The number of aromatic nitrogens is 2. The van der Waals surface area contributed by atoms with Crippen LogP contribution in [0, 0.1) is 0 Å². The lowest BCUT2D eigenvalue weighted by Crippen LogP contribution is -2.30. The topological polar surface area (TPSA) is 59.5 Å². The van der Waals surface area contributed by atoms with Gasteiger partial charge in [0.15, 0.2) is 5.16 Å². The van der Waals surface area contributed by atoms with Crippen molar-refractivity contribution >= 4 is 23.4 Å².